The third kappa shape index (κ3) is 4.23. The fourth-order valence-electron chi connectivity index (χ4n) is 2.09. The predicted octanol–water partition coefficient (Wildman–Crippen LogP) is 1.53. The normalized spacial score (nSPS) is 20.7. The highest BCUT2D eigenvalue weighted by Crippen LogP contribution is 2.17. The Morgan fingerprint density at radius 3 is 2.00 bits per heavy atom. The number of rotatable bonds is 4. The Morgan fingerprint density at radius 1 is 1.06 bits per heavy atom. The van der Waals surface area contributed by atoms with E-state index in [1.165, 1.54) is 0 Å². The van der Waals surface area contributed by atoms with Crippen molar-refractivity contribution in [1.29, 1.82) is 0 Å². The van der Waals surface area contributed by atoms with Crippen LogP contribution in [-0.2, 0) is 10.0 Å². The molecule has 1 fully saturated rings. The summed E-state index contributed by atoms with van der Waals surface area (Å²) < 4.78 is 25.7. The zero-order chi connectivity index (χ0) is 13.1. The Labute approximate surface area is 106 Å². The van der Waals surface area contributed by atoms with Crippen LogP contribution in [0.4, 0.5) is 0 Å². The molecule has 0 unspecified atom stereocenters. The van der Waals surface area contributed by atoms with Crippen LogP contribution in [0.25, 0.3) is 0 Å². The van der Waals surface area contributed by atoms with Gasteiger partial charge < -0.3 is 0 Å². The molecule has 4 nitrogen and oxygen atoms in total. The zero-order valence-corrected chi connectivity index (χ0v) is 12.4. The average Bonchev–Trinajstić information content (AvgIpc) is 2.25. The standard InChI is InChI=1S/C12H26N2O2S/c1-5-6-11-17(15,16)14-9-7-13(8-10-14)12(2,3)4/h5-11H2,1-4H3. The number of hydrogen-bond donors (Lipinski definition) is 0. The van der Waals surface area contributed by atoms with Crippen molar-refractivity contribution in [3.63, 3.8) is 0 Å². The summed E-state index contributed by atoms with van der Waals surface area (Å²) in [4.78, 5) is 2.35. The fraction of sp³-hybridized carbons (Fsp3) is 1.00. The molecule has 0 N–H and O–H groups in total. The SMILES string of the molecule is CCCCS(=O)(=O)N1CCN(C(C)(C)C)CC1. The number of unbranched alkanes of at least 4 members (excludes halogenated alkanes) is 1. The van der Waals surface area contributed by atoms with Gasteiger partial charge in [-0.1, -0.05) is 13.3 Å². The number of sulfonamides is 1. The molecule has 1 aliphatic rings. The lowest BCUT2D eigenvalue weighted by Gasteiger charge is -2.41. The van der Waals surface area contributed by atoms with Crippen molar-refractivity contribution in [2.24, 2.45) is 0 Å². The van der Waals surface area contributed by atoms with Crippen LogP contribution in [0, 0.1) is 0 Å². The van der Waals surface area contributed by atoms with E-state index in [0.717, 1.165) is 25.9 Å². The molecule has 0 atom stereocenters. The molecule has 0 aromatic rings. The first kappa shape index (κ1) is 14.9. The number of piperazine rings is 1. The van der Waals surface area contributed by atoms with Crippen LogP contribution >= 0.6 is 0 Å². The first-order valence-electron chi connectivity index (χ1n) is 6.50. The monoisotopic (exact) mass is 262 g/mol. The Bertz CT molecular complexity index is 325. The lowest BCUT2D eigenvalue weighted by atomic mass is 10.1. The molecule has 0 spiro atoms. The maximum absolute atomic E-state index is 12.0. The molecule has 1 saturated heterocycles. The van der Waals surface area contributed by atoms with Gasteiger partial charge in [0, 0.05) is 31.7 Å². The van der Waals surface area contributed by atoms with Crippen LogP contribution < -0.4 is 0 Å². The van der Waals surface area contributed by atoms with Gasteiger partial charge in [0.2, 0.25) is 10.0 Å². The van der Waals surface area contributed by atoms with Gasteiger partial charge in [0.1, 0.15) is 0 Å². The minimum atomic E-state index is -3.01. The maximum Gasteiger partial charge on any atom is 0.214 e. The summed E-state index contributed by atoms with van der Waals surface area (Å²) in [6, 6.07) is 0. The van der Waals surface area contributed by atoms with Crippen molar-refractivity contribution in [3.8, 4) is 0 Å². The van der Waals surface area contributed by atoms with Crippen LogP contribution in [0.5, 0.6) is 0 Å². The highest BCUT2D eigenvalue weighted by Gasteiger charge is 2.30. The van der Waals surface area contributed by atoms with Crippen LogP contribution in [0.1, 0.15) is 40.5 Å². The van der Waals surface area contributed by atoms with Crippen molar-refractivity contribution in [2.75, 3.05) is 31.9 Å². The molecule has 1 rings (SSSR count). The van der Waals surface area contributed by atoms with Gasteiger partial charge in [-0.3, -0.25) is 4.90 Å². The van der Waals surface area contributed by atoms with Crippen molar-refractivity contribution in [3.05, 3.63) is 0 Å². The second-order valence-electron chi connectivity index (χ2n) is 5.73. The van der Waals surface area contributed by atoms with Crippen LogP contribution in [0.3, 0.4) is 0 Å². The zero-order valence-electron chi connectivity index (χ0n) is 11.6. The quantitative estimate of drug-likeness (QED) is 0.771. The van der Waals surface area contributed by atoms with Gasteiger partial charge in [0.25, 0.3) is 0 Å². The minimum absolute atomic E-state index is 0.138. The lowest BCUT2D eigenvalue weighted by molar-refractivity contribution is 0.0922. The smallest absolute Gasteiger partial charge is 0.214 e. The summed E-state index contributed by atoms with van der Waals surface area (Å²) in [7, 11) is -3.01. The van der Waals surface area contributed by atoms with Gasteiger partial charge >= 0.3 is 0 Å². The van der Waals surface area contributed by atoms with E-state index < -0.39 is 10.0 Å². The van der Waals surface area contributed by atoms with Crippen molar-refractivity contribution < 1.29 is 8.42 Å². The predicted molar refractivity (Wildman–Crippen MR) is 71.6 cm³/mol. The van der Waals surface area contributed by atoms with Gasteiger partial charge in [0.05, 0.1) is 5.75 Å². The summed E-state index contributed by atoms with van der Waals surface area (Å²) in [5.41, 5.74) is 0.138. The van der Waals surface area contributed by atoms with E-state index in [2.05, 4.69) is 25.7 Å². The number of nitrogens with zero attached hydrogens (tertiary/aromatic N) is 2. The largest absolute Gasteiger partial charge is 0.296 e. The van der Waals surface area contributed by atoms with Crippen LogP contribution in [0.2, 0.25) is 0 Å². The number of hydrogen-bond acceptors (Lipinski definition) is 3. The van der Waals surface area contributed by atoms with Gasteiger partial charge in [-0.25, -0.2) is 8.42 Å². The topological polar surface area (TPSA) is 40.6 Å². The summed E-state index contributed by atoms with van der Waals surface area (Å²) in [5.74, 6) is 0.305. The molecule has 1 aliphatic heterocycles. The molecule has 0 aromatic carbocycles. The molecule has 0 amide bonds. The maximum atomic E-state index is 12.0. The Balaban J connectivity index is 2.52. The second kappa shape index (κ2) is 5.67. The van der Waals surface area contributed by atoms with Crippen molar-refractivity contribution >= 4 is 10.0 Å². The summed E-state index contributed by atoms with van der Waals surface area (Å²) in [6.07, 6.45) is 1.70. The van der Waals surface area contributed by atoms with Crippen LogP contribution in [-0.4, -0.2) is 55.1 Å². The molecule has 0 saturated carbocycles. The molecular weight excluding hydrogens is 236 g/mol. The van der Waals surface area contributed by atoms with E-state index in [1.807, 2.05) is 6.92 Å². The van der Waals surface area contributed by atoms with E-state index >= 15 is 0 Å². The lowest BCUT2D eigenvalue weighted by Crippen LogP contribution is -2.54. The van der Waals surface area contributed by atoms with E-state index in [9.17, 15) is 8.42 Å². The van der Waals surface area contributed by atoms with Crippen LogP contribution in [0.15, 0.2) is 0 Å². The summed E-state index contributed by atoms with van der Waals surface area (Å²) in [5, 5.41) is 0. The molecule has 0 bridgehead atoms. The van der Waals surface area contributed by atoms with Crippen molar-refractivity contribution in [2.45, 2.75) is 46.1 Å². The third-order valence-corrected chi connectivity index (χ3v) is 5.29. The third-order valence-electron chi connectivity index (χ3n) is 3.34. The van der Waals surface area contributed by atoms with E-state index in [4.69, 9.17) is 0 Å². The molecular formula is C12H26N2O2S. The van der Waals surface area contributed by atoms with E-state index in [-0.39, 0.29) is 5.54 Å². The van der Waals surface area contributed by atoms with Gasteiger partial charge in [-0.15, -0.1) is 0 Å². The molecule has 1 heterocycles. The minimum Gasteiger partial charge on any atom is -0.296 e. The first-order valence-corrected chi connectivity index (χ1v) is 8.11. The van der Waals surface area contributed by atoms with E-state index in [1.54, 1.807) is 4.31 Å². The highest BCUT2D eigenvalue weighted by atomic mass is 32.2. The summed E-state index contributed by atoms with van der Waals surface area (Å²) >= 11 is 0. The van der Waals surface area contributed by atoms with Gasteiger partial charge in [0.15, 0.2) is 0 Å². The first-order chi connectivity index (χ1) is 7.77. The van der Waals surface area contributed by atoms with Crippen molar-refractivity contribution in [1.82, 2.24) is 9.21 Å². The second-order valence-corrected chi connectivity index (χ2v) is 7.81. The Morgan fingerprint density at radius 2 is 1.59 bits per heavy atom. The Hall–Kier alpha value is -0.130. The van der Waals surface area contributed by atoms with Gasteiger partial charge in [-0.2, -0.15) is 4.31 Å². The fourth-order valence-corrected chi connectivity index (χ4v) is 3.72. The summed E-state index contributed by atoms with van der Waals surface area (Å²) in [6.45, 7) is 11.5. The Kier molecular flexibility index (Phi) is 4.98. The molecule has 102 valence electrons. The molecule has 0 radical (unpaired) electrons. The molecule has 5 heteroatoms. The highest BCUT2D eigenvalue weighted by molar-refractivity contribution is 7.89. The molecule has 0 aromatic heterocycles. The molecule has 0 aliphatic carbocycles. The average molecular weight is 262 g/mol. The van der Waals surface area contributed by atoms with E-state index in [0.29, 0.717) is 18.8 Å². The molecule has 17 heavy (non-hydrogen) atoms. The van der Waals surface area contributed by atoms with Gasteiger partial charge in [-0.05, 0) is 27.2 Å².